The van der Waals surface area contributed by atoms with Crippen LogP contribution in [-0.4, -0.2) is 64.8 Å². The third kappa shape index (κ3) is 3.00. The maximum Gasteiger partial charge on any atom is 0.272 e. The van der Waals surface area contributed by atoms with Crippen molar-refractivity contribution in [3.63, 3.8) is 0 Å². The number of hydrogen-bond acceptors (Lipinski definition) is 5. The Labute approximate surface area is 152 Å². The van der Waals surface area contributed by atoms with Gasteiger partial charge < -0.3 is 14.7 Å². The Morgan fingerprint density at radius 1 is 1.08 bits per heavy atom. The molecular weight excluding hydrogens is 330 g/mol. The third-order valence-corrected chi connectivity index (χ3v) is 4.94. The summed E-state index contributed by atoms with van der Waals surface area (Å²) in [5.74, 6) is 0.472. The van der Waals surface area contributed by atoms with Crippen LogP contribution in [0.1, 0.15) is 21.7 Å². The zero-order chi connectivity index (χ0) is 18.1. The molecule has 0 spiro atoms. The van der Waals surface area contributed by atoms with Crippen LogP contribution in [0.5, 0.6) is 0 Å². The maximum absolute atomic E-state index is 12.9. The predicted molar refractivity (Wildman–Crippen MR) is 97.5 cm³/mol. The number of aromatic nitrogens is 2. The van der Waals surface area contributed by atoms with E-state index in [0.717, 1.165) is 30.8 Å². The topological polar surface area (TPSA) is 69.6 Å². The summed E-state index contributed by atoms with van der Waals surface area (Å²) in [7, 11) is 0. The fraction of sp³-hybridized carbons (Fsp3) is 0.368. The average Bonchev–Trinajstić information content (AvgIpc) is 3.11. The highest BCUT2D eigenvalue weighted by Gasteiger charge is 2.26. The molecular formula is C19H21N5O2. The molecule has 7 nitrogen and oxygen atoms in total. The van der Waals surface area contributed by atoms with Crippen LogP contribution < -0.4 is 4.90 Å². The molecule has 1 aromatic carbocycles. The first-order valence-electron chi connectivity index (χ1n) is 8.85. The normalized spacial score (nSPS) is 16.6. The molecule has 2 aliphatic rings. The molecule has 2 aliphatic heterocycles. The molecule has 1 aromatic heterocycles. The van der Waals surface area contributed by atoms with Crippen LogP contribution in [0, 0.1) is 6.92 Å². The quantitative estimate of drug-likeness (QED) is 0.782. The van der Waals surface area contributed by atoms with Gasteiger partial charge in [-0.05, 0) is 31.0 Å². The first kappa shape index (κ1) is 16.5. The molecule has 0 atom stereocenters. The largest absolute Gasteiger partial charge is 0.342 e. The van der Waals surface area contributed by atoms with Gasteiger partial charge in [0.25, 0.3) is 5.91 Å². The number of hydrogen-bond donors (Lipinski definition) is 0. The van der Waals surface area contributed by atoms with Gasteiger partial charge in [0.05, 0.1) is 0 Å². The summed E-state index contributed by atoms with van der Waals surface area (Å²) in [6.07, 6.45) is 1.78. The molecule has 2 aromatic rings. The SMILES string of the molecule is Cc1cc(C(=O)N2CCN(C=O)CC2)nc(N2CCc3ccccc32)n1. The Balaban J connectivity index is 1.59. The monoisotopic (exact) mass is 351 g/mol. The molecule has 0 N–H and O–H groups in total. The van der Waals surface area contributed by atoms with Gasteiger partial charge in [-0.15, -0.1) is 0 Å². The van der Waals surface area contributed by atoms with Crippen LogP contribution in [0.2, 0.25) is 0 Å². The second-order valence-corrected chi connectivity index (χ2v) is 6.66. The second-order valence-electron chi connectivity index (χ2n) is 6.66. The number of fused-ring (bicyclic) bond motifs is 1. The number of rotatable bonds is 3. The van der Waals surface area contributed by atoms with Gasteiger partial charge in [-0.25, -0.2) is 9.97 Å². The lowest BCUT2D eigenvalue weighted by molar-refractivity contribution is -0.119. The number of piperazine rings is 1. The summed E-state index contributed by atoms with van der Waals surface area (Å²) in [5.41, 5.74) is 3.57. The standard InChI is InChI=1S/C19H21N5O2/c1-14-12-16(18(26)23-10-8-22(13-25)9-11-23)21-19(20-14)24-7-6-15-4-2-3-5-17(15)24/h2-5,12-13H,6-11H2,1H3. The van der Waals surface area contributed by atoms with Crippen LogP contribution in [0.3, 0.4) is 0 Å². The van der Waals surface area contributed by atoms with Crippen LogP contribution >= 0.6 is 0 Å². The molecule has 134 valence electrons. The molecule has 7 heteroatoms. The van der Waals surface area contributed by atoms with E-state index in [2.05, 4.69) is 27.0 Å². The highest BCUT2D eigenvalue weighted by molar-refractivity contribution is 5.93. The molecule has 0 bridgehead atoms. The molecule has 2 amide bonds. The van der Waals surface area contributed by atoms with E-state index in [0.29, 0.717) is 37.8 Å². The fourth-order valence-electron chi connectivity index (χ4n) is 3.52. The van der Waals surface area contributed by atoms with Crippen molar-refractivity contribution in [1.82, 2.24) is 19.8 Å². The van der Waals surface area contributed by atoms with Crippen LogP contribution in [0.4, 0.5) is 11.6 Å². The van der Waals surface area contributed by atoms with Crippen LogP contribution in [0.25, 0.3) is 0 Å². The molecule has 1 saturated heterocycles. The van der Waals surface area contributed by atoms with E-state index in [1.807, 2.05) is 19.1 Å². The third-order valence-electron chi connectivity index (χ3n) is 4.94. The second kappa shape index (κ2) is 6.74. The number of carbonyl (C=O) groups excluding carboxylic acids is 2. The Morgan fingerprint density at radius 2 is 1.85 bits per heavy atom. The van der Waals surface area contributed by atoms with Crippen molar-refractivity contribution in [3.05, 3.63) is 47.3 Å². The summed E-state index contributed by atoms with van der Waals surface area (Å²) >= 11 is 0. The number of aryl methyl sites for hydroxylation is 1. The highest BCUT2D eigenvalue weighted by Crippen LogP contribution is 2.32. The van der Waals surface area contributed by atoms with Gasteiger partial charge in [0.15, 0.2) is 0 Å². The highest BCUT2D eigenvalue weighted by atomic mass is 16.2. The fourth-order valence-corrected chi connectivity index (χ4v) is 3.52. The van der Waals surface area contributed by atoms with Crippen molar-refractivity contribution in [2.24, 2.45) is 0 Å². The summed E-state index contributed by atoms with van der Waals surface area (Å²) < 4.78 is 0. The first-order chi connectivity index (χ1) is 12.7. The van der Waals surface area contributed by atoms with Gasteiger partial charge in [0.2, 0.25) is 12.4 Å². The van der Waals surface area contributed by atoms with Crippen molar-refractivity contribution < 1.29 is 9.59 Å². The first-order valence-corrected chi connectivity index (χ1v) is 8.85. The van der Waals surface area contributed by atoms with E-state index in [-0.39, 0.29) is 5.91 Å². The van der Waals surface area contributed by atoms with Crippen molar-refractivity contribution in [2.45, 2.75) is 13.3 Å². The lowest BCUT2D eigenvalue weighted by atomic mass is 10.2. The number of para-hydroxylation sites is 1. The smallest absolute Gasteiger partial charge is 0.272 e. The molecule has 4 rings (SSSR count). The number of carbonyl (C=O) groups is 2. The number of amides is 2. The summed E-state index contributed by atoms with van der Waals surface area (Å²) in [6.45, 7) is 4.88. The van der Waals surface area contributed by atoms with E-state index in [1.165, 1.54) is 5.56 Å². The van der Waals surface area contributed by atoms with Crippen LogP contribution in [0.15, 0.2) is 30.3 Å². The van der Waals surface area contributed by atoms with Crippen molar-refractivity contribution in [1.29, 1.82) is 0 Å². The lowest BCUT2D eigenvalue weighted by Gasteiger charge is -2.32. The number of benzene rings is 1. The van der Waals surface area contributed by atoms with Gasteiger partial charge in [0, 0.05) is 44.1 Å². The summed E-state index contributed by atoms with van der Waals surface area (Å²) in [5, 5.41) is 0. The zero-order valence-electron chi connectivity index (χ0n) is 14.8. The van der Waals surface area contributed by atoms with E-state index in [1.54, 1.807) is 15.9 Å². The minimum Gasteiger partial charge on any atom is -0.342 e. The Hall–Kier alpha value is -2.96. The Kier molecular flexibility index (Phi) is 4.28. The molecule has 1 fully saturated rings. The average molecular weight is 351 g/mol. The number of nitrogens with zero attached hydrogens (tertiary/aromatic N) is 5. The van der Waals surface area contributed by atoms with E-state index in [9.17, 15) is 9.59 Å². The van der Waals surface area contributed by atoms with E-state index >= 15 is 0 Å². The Bertz CT molecular complexity index is 846. The van der Waals surface area contributed by atoms with Gasteiger partial charge in [-0.1, -0.05) is 18.2 Å². The molecule has 0 aliphatic carbocycles. The van der Waals surface area contributed by atoms with Crippen molar-refractivity contribution >= 4 is 24.0 Å². The molecule has 26 heavy (non-hydrogen) atoms. The minimum absolute atomic E-state index is 0.102. The predicted octanol–water partition coefficient (Wildman–Crippen LogP) is 1.39. The van der Waals surface area contributed by atoms with Gasteiger partial charge >= 0.3 is 0 Å². The van der Waals surface area contributed by atoms with Crippen molar-refractivity contribution in [2.75, 3.05) is 37.6 Å². The number of anilines is 2. The Morgan fingerprint density at radius 3 is 2.62 bits per heavy atom. The molecule has 0 radical (unpaired) electrons. The van der Waals surface area contributed by atoms with E-state index < -0.39 is 0 Å². The zero-order valence-corrected chi connectivity index (χ0v) is 14.8. The minimum atomic E-state index is -0.102. The van der Waals surface area contributed by atoms with Gasteiger partial charge in [-0.2, -0.15) is 0 Å². The van der Waals surface area contributed by atoms with Crippen LogP contribution in [-0.2, 0) is 11.2 Å². The summed E-state index contributed by atoms with van der Waals surface area (Å²) in [6, 6.07) is 9.96. The molecule has 3 heterocycles. The molecule has 0 unspecified atom stereocenters. The molecule has 0 saturated carbocycles. The maximum atomic E-state index is 12.9. The van der Waals surface area contributed by atoms with Gasteiger partial charge in [0.1, 0.15) is 5.69 Å². The lowest BCUT2D eigenvalue weighted by Crippen LogP contribution is -2.48. The van der Waals surface area contributed by atoms with Gasteiger partial charge in [-0.3, -0.25) is 9.59 Å². The summed E-state index contributed by atoms with van der Waals surface area (Å²) in [4.78, 5) is 38.3. The van der Waals surface area contributed by atoms with E-state index in [4.69, 9.17) is 0 Å². The van der Waals surface area contributed by atoms with Crippen molar-refractivity contribution in [3.8, 4) is 0 Å².